The van der Waals surface area contributed by atoms with Gasteiger partial charge in [-0.1, -0.05) is 18.2 Å². The summed E-state index contributed by atoms with van der Waals surface area (Å²) in [5, 5.41) is 13.3. The fraction of sp³-hybridized carbons (Fsp3) is 0.125. The molecule has 0 saturated carbocycles. The first-order valence-corrected chi connectivity index (χ1v) is 6.57. The van der Waals surface area contributed by atoms with E-state index < -0.39 is 0 Å². The molecule has 1 aromatic carbocycles. The molecule has 21 heavy (non-hydrogen) atoms. The maximum atomic E-state index is 9.25. The van der Waals surface area contributed by atoms with E-state index in [2.05, 4.69) is 26.3 Å². The summed E-state index contributed by atoms with van der Waals surface area (Å²) < 4.78 is 0. The number of benzene rings is 1. The number of hydrogen-bond donors (Lipinski definition) is 1. The first-order valence-electron chi connectivity index (χ1n) is 6.57. The number of nitriles is 1. The van der Waals surface area contributed by atoms with Gasteiger partial charge >= 0.3 is 0 Å². The molecule has 102 valence electrons. The Kier molecular flexibility index (Phi) is 3.44. The molecule has 0 unspecified atom stereocenters. The van der Waals surface area contributed by atoms with Gasteiger partial charge in [0.1, 0.15) is 5.82 Å². The Morgan fingerprint density at radius 3 is 2.81 bits per heavy atom. The summed E-state index contributed by atoms with van der Waals surface area (Å²) in [6, 6.07) is 11.6. The van der Waals surface area contributed by atoms with Crippen LogP contribution in [0.3, 0.4) is 0 Å². The molecule has 0 aliphatic carbocycles. The Hall–Kier alpha value is -3.00. The molecule has 0 fully saturated rings. The number of para-hydroxylation sites is 1. The highest BCUT2D eigenvalue weighted by Crippen LogP contribution is 2.20. The van der Waals surface area contributed by atoms with E-state index in [1.165, 1.54) is 0 Å². The van der Waals surface area contributed by atoms with Crippen LogP contribution in [-0.2, 0) is 6.54 Å². The van der Waals surface area contributed by atoms with Gasteiger partial charge in [-0.05, 0) is 19.1 Å². The molecular weight excluding hydrogens is 262 g/mol. The third-order valence-electron chi connectivity index (χ3n) is 3.12. The fourth-order valence-electron chi connectivity index (χ4n) is 2.05. The van der Waals surface area contributed by atoms with Gasteiger partial charge < -0.3 is 5.32 Å². The van der Waals surface area contributed by atoms with Gasteiger partial charge in [0.05, 0.1) is 41.3 Å². The number of rotatable bonds is 3. The van der Waals surface area contributed by atoms with Crippen molar-refractivity contribution in [2.45, 2.75) is 13.5 Å². The van der Waals surface area contributed by atoms with Gasteiger partial charge in [-0.3, -0.25) is 9.97 Å². The number of nitrogens with zero attached hydrogens (tertiary/aromatic N) is 4. The third-order valence-corrected chi connectivity index (χ3v) is 3.12. The van der Waals surface area contributed by atoms with E-state index >= 15 is 0 Å². The predicted octanol–water partition coefficient (Wildman–Crippen LogP) is 2.82. The van der Waals surface area contributed by atoms with E-state index in [0.29, 0.717) is 17.9 Å². The number of anilines is 1. The van der Waals surface area contributed by atoms with Crippen LogP contribution in [0.1, 0.15) is 17.0 Å². The summed E-state index contributed by atoms with van der Waals surface area (Å²) >= 11 is 0. The number of pyridine rings is 1. The molecule has 0 atom stereocenters. The van der Waals surface area contributed by atoms with Crippen LogP contribution in [-0.4, -0.2) is 15.0 Å². The predicted molar refractivity (Wildman–Crippen MR) is 80.6 cm³/mol. The molecule has 0 radical (unpaired) electrons. The molecule has 5 nitrogen and oxygen atoms in total. The number of aryl methyl sites for hydroxylation is 1. The second kappa shape index (κ2) is 5.55. The van der Waals surface area contributed by atoms with Gasteiger partial charge in [-0.15, -0.1) is 0 Å². The lowest BCUT2D eigenvalue weighted by Gasteiger charge is -2.07. The first kappa shape index (κ1) is 13.0. The van der Waals surface area contributed by atoms with Crippen molar-refractivity contribution in [1.29, 1.82) is 5.26 Å². The summed E-state index contributed by atoms with van der Waals surface area (Å²) in [7, 11) is 0. The van der Waals surface area contributed by atoms with Crippen molar-refractivity contribution in [2.75, 3.05) is 5.32 Å². The van der Waals surface area contributed by atoms with Crippen molar-refractivity contribution in [3.8, 4) is 6.07 Å². The first-order chi connectivity index (χ1) is 10.3. The number of nitrogens with one attached hydrogen (secondary N) is 1. The molecule has 5 heteroatoms. The second-order valence-corrected chi connectivity index (χ2v) is 4.69. The molecule has 2 heterocycles. The zero-order chi connectivity index (χ0) is 14.7. The van der Waals surface area contributed by atoms with Crippen LogP contribution in [0.4, 0.5) is 5.82 Å². The van der Waals surface area contributed by atoms with Crippen molar-refractivity contribution in [2.24, 2.45) is 0 Å². The van der Waals surface area contributed by atoms with Gasteiger partial charge in [-0.25, -0.2) is 4.98 Å². The maximum Gasteiger partial charge on any atom is 0.128 e. The quantitative estimate of drug-likeness (QED) is 0.795. The van der Waals surface area contributed by atoms with Crippen molar-refractivity contribution >= 4 is 16.7 Å². The molecular formula is C16H13N5. The Morgan fingerprint density at radius 2 is 2.05 bits per heavy atom. The van der Waals surface area contributed by atoms with Gasteiger partial charge in [0.15, 0.2) is 0 Å². The highest BCUT2D eigenvalue weighted by Gasteiger charge is 2.05. The van der Waals surface area contributed by atoms with Gasteiger partial charge in [0.25, 0.3) is 0 Å². The number of fused-ring (bicyclic) bond motifs is 1. The van der Waals surface area contributed by atoms with E-state index in [-0.39, 0.29) is 0 Å². The van der Waals surface area contributed by atoms with Crippen molar-refractivity contribution < 1.29 is 0 Å². The van der Waals surface area contributed by atoms with Crippen LogP contribution in [0, 0.1) is 18.3 Å². The lowest BCUT2D eigenvalue weighted by molar-refractivity contribution is 0.978. The molecule has 0 saturated heterocycles. The van der Waals surface area contributed by atoms with E-state index in [9.17, 15) is 5.26 Å². The molecule has 3 aromatic rings. The van der Waals surface area contributed by atoms with Crippen LogP contribution in [0.5, 0.6) is 0 Å². The molecule has 0 aliphatic heterocycles. The standard InChI is InChI=1S/C16H13N5/c1-11-8-19-13(9-18-11)10-20-16-6-12(7-17)14-4-2-3-5-15(14)21-16/h2-6,8-9H,10H2,1H3,(H,20,21). The van der Waals surface area contributed by atoms with Crippen molar-refractivity contribution in [1.82, 2.24) is 15.0 Å². The normalized spacial score (nSPS) is 10.3. The Labute approximate surface area is 122 Å². The number of hydrogen-bond acceptors (Lipinski definition) is 5. The average Bonchev–Trinajstić information content (AvgIpc) is 2.53. The largest absolute Gasteiger partial charge is 0.364 e. The topological polar surface area (TPSA) is 74.5 Å². The van der Waals surface area contributed by atoms with E-state index in [1.807, 2.05) is 31.2 Å². The SMILES string of the molecule is Cc1cnc(CNc2cc(C#N)c3ccccc3n2)cn1. The molecule has 0 amide bonds. The monoisotopic (exact) mass is 275 g/mol. The Bertz CT molecular complexity index is 818. The molecule has 0 bridgehead atoms. The highest BCUT2D eigenvalue weighted by atomic mass is 15.0. The lowest BCUT2D eigenvalue weighted by Crippen LogP contribution is -2.04. The van der Waals surface area contributed by atoms with Crippen molar-refractivity contribution in [3.63, 3.8) is 0 Å². The zero-order valence-corrected chi connectivity index (χ0v) is 11.5. The van der Waals surface area contributed by atoms with Crippen LogP contribution in [0.25, 0.3) is 10.9 Å². The molecule has 2 aromatic heterocycles. The summed E-state index contributed by atoms with van der Waals surface area (Å²) in [5.41, 5.74) is 3.12. The van der Waals surface area contributed by atoms with E-state index in [1.54, 1.807) is 18.5 Å². The van der Waals surface area contributed by atoms with Gasteiger partial charge in [0.2, 0.25) is 0 Å². The van der Waals surface area contributed by atoms with Crippen LogP contribution >= 0.6 is 0 Å². The fourth-order valence-corrected chi connectivity index (χ4v) is 2.05. The van der Waals surface area contributed by atoms with E-state index in [4.69, 9.17) is 0 Å². The van der Waals surface area contributed by atoms with Crippen LogP contribution < -0.4 is 5.32 Å². The minimum atomic E-state index is 0.517. The van der Waals surface area contributed by atoms with Gasteiger partial charge in [-0.2, -0.15) is 5.26 Å². The lowest BCUT2D eigenvalue weighted by atomic mass is 10.1. The number of aromatic nitrogens is 3. The summed E-state index contributed by atoms with van der Waals surface area (Å²) in [6.07, 6.45) is 3.46. The van der Waals surface area contributed by atoms with Crippen LogP contribution in [0.15, 0.2) is 42.7 Å². The summed E-state index contributed by atoms with van der Waals surface area (Å²) in [5.74, 6) is 0.660. The Morgan fingerprint density at radius 1 is 1.19 bits per heavy atom. The third kappa shape index (κ3) is 2.79. The highest BCUT2D eigenvalue weighted by molar-refractivity contribution is 5.86. The van der Waals surface area contributed by atoms with Gasteiger partial charge in [0, 0.05) is 11.6 Å². The Balaban J connectivity index is 1.87. The average molecular weight is 275 g/mol. The molecule has 0 spiro atoms. The van der Waals surface area contributed by atoms with Crippen molar-refractivity contribution in [3.05, 3.63) is 59.7 Å². The van der Waals surface area contributed by atoms with Crippen LogP contribution in [0.2, 0.25) is 0 Å². The smallest absolute Gasteiger partial charge is 0.128 e. The zero-order valence-electron chi connectivity index (χ0n) is 11.5. The van der Waals surface area contributed by atoms with E-state index in [0.717, 1.165) is 22.3 Å². The minimum Gasteiger partial charge on any atom is -0.364 e. The summed E-state index contributed by atoms with van der Waals surface area (Å²) in [6.45, 7) is 2.41. The second-order valence-electron chi connectivity index (χ2n) is 4.69. The summed E-state index contributed by atoms with van der Waals surface area (Å²) in [4.78, 5) is 13.0. The molecule has 0 aliphatic rings. The molecule has 1 N–H and O–H groups in total. The molecule has 3 rings (SSSR count). The minimum absolute atomic E-state index is 0.517. The maximum absolute atomic E-state index is 9.25.